The number of benzene rings is 1. The summed E-state index contributed by atoms with van der Waals surface area (Å²) >= 11 is 0. The van der Waals surface area contributed by atoms with E-state index in [1.165, 1.54) is 29.8 Å². The summed E-state index contributed by atoms with van der Waals surface area (Å²) in [7, 11) is 1.45. The fourth-order valence-electron chi connectivity index (χ4n) is 2.00. The molecule has 18 heavy (non-hydrogen) atoms. The summed E-state index contributed by atoms with van der Waals surface area (Å²) in [5.74, 6) is -1.15. The number of amides is 1. The third kappa shape index (κ3) is 1.71. The van der Waals surface area contributed by atoms with Crippen LogP contribution in [0, 0.1) is 12.7 Å². The van der Waals surface area contributed by atoms with E-state index in [-0.39, 0.29) is 5.69 Å². The summed E-state index contributed by atoms with van der Waals surface area (Å²) in [4.78, 5) is 23.3. The second-order valence-electron chi connectivity index (χ2n) is 3.96. The van der Waals surface area contributed by atoms with Crippen molar-refractivity contribution in [3.63, 3.8) is 0 Å². The number of carbonyl (C=O) groups is 1. The first kappa shape index (κ1) is 12.1. The largest absolute Gasteiger partial charge is 0.364 e. The first-order valence-electron chi connectivity index (χ1n) is 5.27. The predicted molar refractivity (Wildman–Crippen MR) is 64.2 cm³/mol. The summed E-state index contributed by atoms with van der Waals surface area (Å²) in [5, 5.41) is 0. The molecule has 1 heterocycles. The fraction of sp³-hybridized carbons (Fsp3) is 0.167. The van der Waals surface area contributed by atoms with Crippen LogP contribution in [0.5, 0.6) is 0 Å². The molecule has 0 aliphatic heterocycles. The van der Waals surface area contributed by atoms with Crippen molar-refractivity contribution in [1.82, 2.24) is 9.13 Å². The number of primary amides is 1. The minimum atomic E-state index is -0.692. The maximum atomic E-state index is 13.2. The molecule has 2 rings (SSSR count). The molecule has 0 saturated heterocycles. The van der Waals surface area contributed by atoms with Crippen molar-refractivity contribution in [3.8, 4) is 5.69 Å². The van der Waals surface area contributed by atoms with Gasteiger partial charge in [-0.2, -0.15) is 0 Å². The van der Waals surface area contributed by atoms with Gasteiger partial charge in [0.2, 0.25) is 0 Å². The smallest absolute Gasteiger partial charge is 0.333 e. The topological polar surface area (TPSA) is 70.0 Å². The molecule has 0 saturated carbocycles. The number of imidazole rings is 1. The van der Waals surface area contributed by atoms with Crippen LogP contribution in [0.25, 0.3) is 5.69 Å². The van der Waals surface area contributed by atoms with Gasteiger partial charge in [0.1, 0.15) is 11.5 Å². The first-order valence-corrected chi connectivity index (χ1v) is 5.27. The molecule has 1 amide bonds. The summed E-state index contributed by atoms with van der Waals surface area (Å²) in [6.07, 6.45) is 0. The number of hydrogen-bond donors (Lipinski definition) is 1. The molecule has 0 aliphatic rings. The molecule has 0 fully saturated rings. The molecular formula is C12H12FN3O2. The van der Waals surface area contributed by atoms with Gasteiger partial charge in [-0.15, -0.1) is 0 Å². The van der Waals surface area contributed by atoms with E-state index in [0.29, 0.717) is 11.4 Å². The minimum absolute atomic E-state index is 0.115. The highest BCUT2D eigenvalue weighted by Gasteiger charge is 2.19. The second-order valence-corrected chi connectivity index (χ2v) is 3.96. The zero-order valence-corrected chi connectivity index (χ0v) is 9.98. The molecule has 0 bridgehead atoms. The van der Waals surface area contributed by atoms with Crippen LogP contribution in [-0.4, -0.2) is 15.0 Å². The molecule has 94 valence electrons. The van der Waals surface area contributed by atoms with Gasteiger partial charge in [-0.3, -0.25) is 13.9 Å². The van der Waals surface area contributed by atoms with Gasteiger partial charge in [-0.05, 0) is 25.1 Å². The van der Waals surface area contributed by atoms with Crippen LogP contribution in [0.4, 0.5) is 4.39 Å². The Morgan fingerprint density at radius 2 is 2.06 bits per heavy atom. The highest BCUT2D eigenvalue weighted by atomic mass is 19.1. The van der Waals surface area contributed by atoms with Crippen LogP contribution < -0.4 is 11.4 Å². The molecule has 0 unspecified atom stereocenters. The Morgan fingerprint density at radius 1 is 1.39 bits per heavy atom. The molecule has 2 aromatic rings. The van der Waals surface area contributed by atoms with Crippen molar-refractivity contribution in [3.05, 3.63) is 52.0 Å². The molecule has 0 radical (unpaired) electrons. The zero-order valence-electron chi connectivity index (χ0n) is 9.98. The van der Waals surface area contributed by atoms with Gasteiger partial charge in [0.05, 0.1) is 11.4 Å². The predicted octanol–water partition coefficient (Wildman–Crippen LogP) is 0.722. The SMILES string of the molecule is Cc1c(C(N)=O)n(C)c(=O)n1-c1cccc(F)c1. The van der Waals surface area contributed by atoms with Gasteiger partial charge < -0.3 is 5.73 Å². The molecule has 0 aliphatic carbocycles. The van der Waals surface area contributed by atoms with E-state index in [1.807, 2.05) is 0 Å². The molecule has 1 aromatic heterocycles. The molecule has 0 spiro atoms. The van der Waals surface area contributed by atoms with E-state index in [0.717, 1.165) is 4.57 Å². The lowest BCUT2D eigenvalue weighted by Gasteiger charge is -2.04. The number of nitrogens with zero attached hydrogens (tertiary/aromatic N) is 2. The van der Waals surface area contributed by atoms with Crippen LogP contribution in [-0.2, 0) is 7.05 Å². The van der Waals surface area contributed by atoms with Gasteiger partial charge in [0.15, 0.2) is 0 Å². The lowest BCUT2D eigenvalue weighted by atomic mass is 10.2. The lowest BCUT2D eigenvalue weighted by Crippen LogP contribution is -2.24. The van der Waals surface area contributed by atoms with Crippen LogP contribution in [0.15, 0.2) is 29.1 Å². The van der Waals surface area contributed by atoms with E-state index >= 15 is 0 Å². The van der Waals surface area contributed by atoms with E-state index in [4.69, 9.17) is 5.73 Å². The Morgan fingerprint density at radius 3 is 2.56 bits per heavy atom. The van der Waals surface area contributed by atoms with Crippen LogP contribution in [0.3, 0.4) is 0 Å². The van der Waals surface area contributed by atoms with E-state index in [1.54, 1.807) is 13.0 Å². The van der Waals surface area contributed by atoms with Crippen molar-refractivity contribution in [1.29, 1.82) is 0 Å². The number of hydrogen-bond acceptors (Lipinski definition) is 2. The second kappa shape index (κ2) is 4.14. The zero-order chi connectivity index (χ0) is 13.4. The van der Waals surface area contributed by atoms with Gasteiger partial charge in [-0.1, -0.05) is 6.07 Å². The van der Waals surface area contributed by atoms with E-state index in [9.17, 15) is 14.0 Å². The van der Waals surface area contributed by atoms with Gasteiger partial charge >= 0.3 is 5.69 Å². The summed E-state index contributed by atoms with van der Waals surface area (Å²) in [5.41, 5.74) is 5.65. The van der Waals surface area contributed by atoms with E-state index < -0.39 is 17.4 Å². The van der Waals surface area contributed by atoms with Crippen molar-refractivity contribution in [2.24, 2.45) is 12.8 Å². The molecule has 5 nitrogen and oxygen atoms in total. The van der Waals surface area contributed by atoms with Crippen molar-refractivity contribution >= 4 is 5.91 Å². The Kier molecular flexibility index (Phi) is 2.78. The number of nitrogens with two attached hydrogens (primary N) is 1. The average Bonchev–Trinajstić information content (AvgIpc) is 2.50. The van der Waals surface area contributed by atoms with Crippen molar-refractivity contribution in [2.45, 2.75) is 6.92 Å². The molecule has 6 heteroatoms. The third-order valence-corrected chi connectivity index (χ3v) is 2.79. The van der Waals surface area contributed by atoms with Gasteiger partial charge in [0, 0.05) is 7.05 Å². The lowest BCUT2D eigenvalue weighted by molar-refractivity contribution is 0.0991. The third-order valence-electron chi connectivity index (χ3n) is 2.79. The monoisotopic (exact) mass is 249 g/mol. The van der Waals surface area contributed by atoms with E-state index in [2.05, 4.69) is 0 Å². The highest BCUT2D eigenvalue weighted by Crippen LogP contribution is 2.13. The fourth-order valence-corrected chi connectivity index (χ4v) is 2.00. The first-order chi connectivity index (χ1) is 8.43. The summed E-state index contributed by atoms with van der Waals surface area (Å²) in [6, 6.07) is 5.58. The number of aromatic nitrogens is 2. The quantitative estimate of drug-likeness (QED) is 0.852. The highest BCUT2D eigenvalue weighted by molar-refractivity contribution is 5.92. The van der Waals surface area contributed by atoms with Gasteiger partial charge in [-0.25, -0.2) is 9.18 Å². The summed E-state index contributed by atoms with van der Waals surface area (Å²) < 4.78 is 15.6. The number of carbonyl (C=O) groups excluding carboxylic acids is 1. The molecule has 2 N–H and O–H groups in total. The normalized spacial score (nSPS) is 10.6. The Hall–Kier alpha value is -2.37. The maximum absolute atomic E-state index is 13.2. The maximum Gasteiger partial charge on any atom is 0.333 e. The van der Waals surface area contributed by atoms with Gasteiger partial charge in [0.25, 0.3) is 5.91 Å². The Labute approximate surface area is 102 Å². The number of halogens is 1. The standard InChI is InChI=1S/C12H12FN3O2/c1-7-10(11(14)17)15(2)12(18)16(7)9-5-3-4-8(13)6-9/h3-6H,1-2H3,(H2,14,17). The van der Waals surface area contributed by atoms with Crippen LogP contribution in [0.1, 0.15) is 16.2 Å². The molecule has 1 aromatic carbocycles. The Balaban J connectivity index is 2.78. The van der Waals surface area contributed by atoms with Crippen LogP contribution in [0.2, 0.25) is 0 Å². The Bertz CT molecular complexity index is 685. The average molecular weight is 249 g/mol. The van der Waals surface area contributed by atoms with Crippen molar-refractivity contribution < 1.29 is 9.18 Å². The van der Waals surface area contributed by atoms with Crippen molar-refractivity contribution in [2.75, 3.05) is 0 Å². The minimum Gasteiger partial charge on any atom is -0.364 e. The number of rotatable bonds is 2. The van der Waals surface area contributed by atoms with Crippen LogP contribution >= 0.6 is 0 Å². The molecule has 0 atom stereocenters. The summed E-state index contributed by atoms with van der Waals surface area (Å²) in [6.45, 7) is 1.59. The molecular weight excluding hydrogens is 237 g/mol.